The second-order valence-corrected chi connectivity index (χ2v) is 19.4. The minimum absolute atomic E-state index is 0.0310. The maximum atomic E-state index is 14.7. The number of guanidine groups is 1. The molecule has 1 aliphatic heterocycles. The van der Waals surface area contributed by atoms with Crippen molar-refractivity contribution in [1.29, 1.82) is 0 Å². The number of benzene rings is 4. The smallest absolute Gasteiger partial charge is 0.243 e. The summed E-state index contributed by atoms with van der Waals surface area (Å²) in [6.45, 7) is 0.694. The number of primary amides is 1. The third kappa shape index (κ3) is 16.2. The fourth-order valence-electron chi connectivity index (χ4n) is 7.70. The summed E-state index contributed by atoms with van der Waals surface area (Å²) in [4.78, 5) is 121. The molecule has 374 valence electrons. The Morgan fingerprint density at radius 2 is 1.20 bits per heavy atom. The number of aromatic amines is 1. The molecule has 0 spiro atoms. The molecular formula is C48H57N13O8S2. The van der Waals surface area contributed by atoms with Crippen molar-refractivity contribution < 1.29 is 38.4 Å². The zero-order chi connectivity index (χ0) is 50.9. The van der Waals surface area contributed by atoms with Crippen LogP contribution in [0.1, 0.15) is 36.6 Å². The van der Waals surface area contributed by atoms with E-state index in [0.717, 1.165) is 43.1 Å². The molecule has 2 unspecified atom stereocenters. The zero-order valence-corrected chi connectivity index (χ0v) is 40.4. The van der Waals surface area contributed by atoms with Crippen molar-refractivity contribution in [3.63, 3.8) is 0 Å². The Hall–Kier alpha value is -7.66. The van der Waals surface area contributed by atoms with Gasteiger partial charge in [-0.2, -0.15) is 0 Å². The average molecular weight is 1010 g/mol. The van der Waals surface area contributed by atoms with Crippen LogP contribution in [0.2, 0.25) is 0 Å². The molecule has 0 aliphatic carbocycles. The monoisotopic (exact) mass is 1010 g/mol. The lowest BCUT2D eigenvalue weighted by Crippen LogP contribution is -2.60. The molecule has 0 radical (unpaired) electrons. The van der Waals surface area contributed by atoms with Gasteiger partial charge >= 0.3 is 0 Å². The molecule has 1 aliphatic rings. The van der Waals surface area contributed by atoms with E-state index in [1.807, 2.05) is 78.9 Å². The SMILES string of the molecule is CC(=O)NC1CSSCC(C(N)=O)NC(=O)[C@H](Cc2ccc3ccccc3c2)NC(=O)[C@H](CCCN=C(N)N)NC(=O)[C@@H](Cc2ccc3ccccc3c2)NC(=O)[C@H](Cc2cnc[nH]2)NC(=O)CNC1=O. The van der Waals surface area contributed by atoms with Gasteiger partial charge in [0.25, 0.3) is 0 Å². The van der Waals surface area contributed by atoms with Crippen molar-refractivity contribution >= 4 is 96.3 Å². The first kappa shape index (κ1) is 52.7. The van der Waals surface area contributed by atoms with E-state index in [1.54, 1.807) is 6.07 Å². The Morgan fingerprint density at radius 1 is 0.662 bits per heavy atom. The molecule has 4 aromatic carbocycles. The van der Waals surface area contributed by atoms with Crippen molar-refractivity contribution in [3.8, 4) is 0 Å². The molecule has 71 heavy (non-hydrogen) atoms. The summed E-state index contributed by atoms with van der Waals surface area (Å²) in [5, 5.41) is 22.3. The topological polar surface area (TPSA) is 340 Å². The van der Waals surface area contributed by atoms with Gasteiger partial charge in [0, 0.05) is 56.1 Å². The predicted molar refractivity (Wildman–Crippen MR) is 272 cm³/mol. The van der Waals surface area contributed by atoms with Crippen molar-refractivity contribution in [2.45, 2.75) is 75.3 Å². The van der Waals surface area contributed by atoms with Crippen molar-refractivity contribution in [1.82, 2.24) is 47.2 Å². The molecule has 1 saturated heterocycles. The van der Waals surface area contributed by atoms with Gasteiger partial charge in [0.15, 0.2) is 5.96 Å². The maximum absolute atomic E-state index is 14.7. The van der Waals surface area contributed by atoms with Crippen molar-refractivity contribution in [3.05, 3.63) is 114 Å². The van der Waals surface area contributed by atoms with Crippen LogP contribution in [-0.4, -0.2) is 124 Å². The first-order valence-corrected chi connectivity index (χ1v) is 25.2. The van der Waals surface area contributed by atoms with E-state index in [2.05, 4.69) is 52.2 Å². The van der Waals surface area contributed by atoms with E-state index >= 15 is 0 Å². The lowest BCUT2D eigenvalue weighted by Gasteiger charge is -2.27. The zero-order valence-electron chi connectivity index (χ0n) is 38.8. The molecular weight excluding hydrogens is 951 g/mol. The van der Waals surface area contributed by atoms with E-state index in [1.165, 1.54) is 19.4 Å². The summed E-state index contributed by atoms with van der Waals surface area (Å²) in [7, 11) is 2.17. The highest BCUT2D eigenvalue weighted by Crippen LogP contribution is 2.24. The predicted octanol–water partition coefficient (Wildman–Crippen LogP) is -0.277. The minimum atomic E-state index is -1.36. The molecule has 1 aromatic heterocycles. The van der Waals surface area contributed by atoms with Gasteiger partial charge in [-0.1, -0.05) is 107 Å². The number of aromatic nitrogens is 2. The molecule has 14 N–H and O–H groups in total. The van der Waals surface area contributed by atoms with Crippen LogP contribution in [-0.2, 0) is 57.6 Å². The lowest BCUT2D eigenvalue weighted by atomic mass is 9.99. The van der Waals surface area contributed by atoms with Gasteiger partial charge in [0.1, 0.15) is 36.3 Å². The number of carbonyl (C=O) groups is 8. The van der Waals surface area contributed by atoms with E-state index in [9.17, 15) is 38.4 Å². The molecule has 6 rings (SSSR count). The number of aliphatic imine (C=N–C) groups is 1. The average Bonchev–Trinajstić information content (AvgIpc) is 3.86. The Kier molecular flexibility index (Phi) is 19.2. The number of fused-ring (bicyclic) bond motifs is 2. The molecule has 6 atom stereocenters. The van der Waals surface area contributed by atoms with Crippen LogP contribution in [0, 0.1) is 0 Å². The van der Waals surface area contributed by atoms with E-state index in [-0.39, 0.29) is 56.1 Å². The summed E-state index contributed by atoms with van der Waals surface area (Å²) >= 11 is 0. The van der Waals surface area contributed by atoms with E-state index in [4.69, 9.17) is 17.2 Å². The minimum Gasteiger partial charge on any atom is -0.370 e. The fraction of sp³-hybridized carbons (Fsp3) is 0.333. The number of nitrogens with two attached hydrogens (primary N) is 3. The normalized spacial score (nSPS) is 21.4. The van der Waals surface area contributed by atoms with Gasteiger partial charge in [0.2, 0.25) is 47.3 Å². The molecule has 2 heterocycles. The maximum Gasteiger partial charge on any atom is 0.243 e. The second kappa shape index (κ2) is 25.8. The highest BCUT2D eigenvalue weighted by atomic mass is 33.1. The lowest BCUT2D eigenvalue weighted by molar-refractivity contribution is -0.135. The van der Waals surface area contributed by atoms with Gasteiger partial charge in [-0.25, -0.2) is 4.98 Å². The summed E-state index contributed by atoms with van der Waals surface area (Å²) < 4.78 is 0. The number of carbonyl (C=O) groups excluding carboxylic acids is 8. The van der Waals surface area contributed by atoms with Crippen LogP contribution in [0.3, 0.4) is 0 Å². The third-order valence-electron chi connectivity index (χ3n) is 11.3. The molecule has 8 amide bonds. The quantitative estimate of drug-likeness (QED) is 0.0332. The van der Waals surface area contributed by atoms with Crippen molar-refractivity contribution in [2.24, 2.45) is 22.2 Å². The Balaban J connectivity index is 1.38. The number of rotatable bonds is 12. The number of hydrogen-bond donors (Lipinski definition) is 11. The second-order valence-electron chi connectivity index (χ2n) is 16.8. The van der Waals surface area contributed by atoms with Crippen molar-refractivity contribution in [2.75, 3.05) is 24.6 Å². The first-order chi connectivity index (χ1) is 34.1. The number of hydrogen-bond acceptors (Lipinski definition) is 12. The molecule has 1 fully saturated rings. The van der Waals surface area contributed by atoms with Gasteiger partial charge in [-0.3, -0.25) is 43.3 Å². The van der Waals surface area contributed by atoms with E-state index in [0.29, 0.717) is 16.8 Å². The Bertz CT molecular complexity index is 2750. The number of nitrogens with one attached hydrogen (secondary N) is 8. The summed E-state index contributed by atoms with van der Waals surface area (Å²) in [5.41, 5.74) is 18.7. The number of H-pyrrole nitrogens is 1. The Morgan fingerprint density at radius 3 is 1.75 bits per heavy atom. The van der Waals surface area contributed by atoms with Crippen LogP contribution in [0.5, 0.6) is 0 Å². The Labute approximate surface area is 416 Å². The third-order valence-corrected chi connectivity index (χ3v) is 13.7. The van der Waals surface area contributed by atoms with Gasteiger partial charge in [0.05, 0.1) is 12.9 Å². The van der Waals surface area contributed by atoms with Crippen LogP contribution < -0.4 is 54.4 Å². The fourth-order valence-corrected chi connectivity index (χ4v) is 10.0. The van der Waals surface area contributed by atoms with Crippen LogP contribution in [0.15, 0.2) is 102 Å². The summed E-state index contributed by atoms with van der Waals surface area (Å²) in [5.74, 6) is -6.32. The highest BCUT2D eigenvalue weighted by molar-refractivity contribution is 8.76. The highest BCUT2D eigenvalue weighted by Gasteiger charge is 2.33. The summed E-state index contributed by atoms with van der Waals surface area (Å²) in [6, 6.07) is 18.5. The van der Waals surface area contributed by atoms with Gasteiger partial charge in [-0.05, 0) is 45.5 Å². The molecule has 0 bridgehead atoms. The van der Waals surface area contributed by atoms with Crippen LogP contribution in [0.4, 0.5) is 0 Å². The molecule has 23 heteroatoms. The number of nitrogens with zero attached hydrogens (tertiary/aromatic N) is 2. The molecule has 21 nitrogen and oxygen atoms in total. The van der Waals surface area contributed by atoms with Gasteiger partial charge in [-0.15, -0.1) is 0 Å². The largest absolute Gasteiger partial charge is 0.370 e. The van der Waals surface area contributed by atoms with E-state index < -0.39 is 90.1 Å². The first-order valence-electron chi connectivity index (χ1n) is 22.7. The van der Waals surface area contributed by atoms with Gasteiger partial charge < -0.3 is 59.4 Å². The molecule has 0 saturated carbocycles. The number of imidazole rings is 1. The van der Waals surface area contributed by atoms with Crippen LogP contribution >= 0.6 is 21.6 Å². The number of amides is 8. The summed E-state index contributed by atoms with van der Waals surface area (Å²) in [6.07, 6.45) is 2.77. The standard InChI is InChI=1S/C48H57N13O8S2/c1-27(62)56-40-25-71-70-24-39(42(49)64)61-46(68)37(20-29-13-15-31-8-3-5-10-33(31)18-29)59-44(66)35(11-6-16-53-48(50)51)58-45(67)36(19-28-12-14-30-7-2-4-9-32(30)17-28)60-47(69)38(21-34-22-52-26-55-34)57-41(63)23-54-43(40)65/h2-5,7-10,12-15,17-18,22,26,35-40H,6,11,16,19-21,23-25H2,1H3,(H2,49,64)(H,52,55)(H,54,65)(H,56,62)(H,57,63)(H,58,67)(H,59,66)(H,60,69)(H,61,68)(H4,50,51,53)/t35-,36+,37-,38-,39?,40?/m0/s1. The molecule has 5 aromatic rings. The van der Waals surface area contributed by atoms with Crippen LogP contribution in [0.25, 0.3) is 21.5 Å².